The molecule has 0 aliphatic carbocycles. The fourth-order valence-electron chi connectivity index (χ4n) is 3.43. The Balaban J connectivity index is 1.29. The van der Waals surface area contributed by atoms with E-state index in [2.05, 4.69) is 20.9 Å². The molecule has 2 aliphatic rings. The van der Waals surface area contributed by atoms with E-state index in [1.807, 2.05) is 31.2 Å². The normalized spacial score (nSPS) is 17.2. The van der Waals surface area contributed by atoms with Crippen LogP contribution < -0.4 is 19.1 Å². The molecular formula is C20H25N3O3. The largest absolute Gasteiger partial charge is 0.490 e. The number of benzene rings is 1. The van der Waals surface area contributed by atoms with Crippen LogP contribution in [-0.2, 0) is 0 Å². The molecule has 4 rings (SSSR count). The van der Waals surface area contributed by atoms with Gasteiger partial charge in [0.25, 0.3) is 0 Å². The minimum absolute atomic E-state index is 0.620. The van der Waals surface area contributed by atoms with E-state index in [9.17, 15) is 0 Å². The molecule has 2 aromatic rings. The third kappa shape index (κ3) is 3.70. The lowest BCUT2D eigenvalue weighted by atomic mass is 10.2. The number of hydrogen-bond donors (Lipinski definition) is 0. The summed E-state index contributed by atoms with van der Waals surface area (Å²) < 4.78 is 17.4. The molecule has 1 fully saturated rings. The molecule has 0 atom stereocenters. The molecule has 6 heteroatoms. The smallest absolute Gasteiger partial charge is 0.184 e. The molecule has 1 aromatic carbocycles. The summed E-state index contributed by atoms with van der Waals surface area (Å²) in [5, 5.41) is 0. The van der Waals surface area contributed by atoms with Gasteiger partial charge in [0.2, 0.25) is 0 Å². The third-order valence-electron chi connectivity index (χ3n) is 4.88. The van der Waals surface area contributed by atoms with Crippen molar-refractivity contribution in [1.82, 2.24) is 9.88 Å². The van der Waals surface area contributed by atoms with Crippen LogP contribution in [-0.4, -0.2) is 62.4 Å². The van der Waals surface area contributed by atoms with Crippen molar-refractivity contribution >= 4 is 5.69 Å². The minimum atomic E-state index is 0.620. The van der Waals surface area contributed by atoms with Crippen molar-refractivity contribution in [3.05, 3.63) is 42.2 Å². The zero-order valence-corrected chi connectivity index (χ0v) is 15.2. The predicted octanol–water partition coefficient (Wildman–Crippen LogP) is 2.36. The quantitative estimate of drug-likeness (QED) is 0.821. The zero-order valence-electron chi connectivity index (χ0n) is 15.2. The maximum Gasteiger partial charge on any atom is 0.184 e. The fourth-order valence-corrected chi connectivity index (χ4v) is 3.43. The fraction of sp³-hybridized carbons (Fsp3) is 0.450. The Bertz CT molecular complexity index is 745. The molecule has 2 aliphatic heterocycles. The van der Waals surface area contributed by atoms with Crippen LogP contribution in [0.25, 0.3) is 0 Å². The van der Waals surface area contributed by atoms with Crippen LogP contribution in [0.4, 0.5) is 5.69 Å². The van der Waals surface area contributed by atoms with Gasteiger partial charge in [-0.25, -0.2) is 0 Å². The van der Waals surface area contributed by atoms with Crippen LogP contribution in [0.1, 0.15) is 5.69 Å². The second kappa shape index (κ2) is 7.83. The molecule has 6 nitrogen and oxygen atoms in total. The van der Waals surface area contributed by atoms with E-state index in [4.69, 9.17) is 14.2 Å². The van der Waals surface area contributed by atoms with Crippen molar-refractivity contribution < 1.29 is 14.2 Å². The second-order valence-electron chi connectivity index (χ2n) is 6.57. The molecular weight excluding hydrogens is 330 g/mol. The zero-order chi connectivity index (χ0) is 17.8. The van der Waals surface area contributed by atoms with Crippen LogP contribution in [0.5, 0.6) is 17.2 Å². The molecule has 0 unspecified atom stereocenters. The lowest BCUT2D eigenvalue weighted by molar-refractivity contribution is 0.170. The van der Waals surface area contributed by atoms with Gasteiger partial charge in [0, 0.05) is 38.9 Å². The average Bonchev–Trinajstić information content (AvgIpc) is 2.70. The van der Waals surface area contributed by atoms with Gasteiger partial charge in [-0.3, -0.25) is 9.88 Å². The Labute approximate surface area is 154 Å². The first-order chi connectivity index (χ1) is 12.8. The SMILES string of the molecule is Cc1ncccc1OCCN1CCN(c2cccc3c2OCCO3)CC1. The molecule has 0 saturated carbocycles. The van der Waals surface area contributed by atoms with Crippen molar-refractivity contribution in [2.24, 2.45) is 0 Å². The Morgan fingerprint density at radius 2 is 1.88 bits per heavy atom. The first-order valence-corrected chi connectivity index (χ1v) is 9.21. The van der Waals surface area contributed by atoms with Crippen LogP contribution in [0.15, 0.2) is 36.5 Å². The molecule has 1 aromatic heterocycles. The number of aryl methyl sites for hydroxylation is 1. The molecule has 138 valence electrons. The lowest BCUT2D eigenvalue weighted by Crippen LogP contribution is -2.47. The number of fused-ring (bicyclic) bond motifs is 1. The van der Waals surface area contributed by atoms with Crippen molar-refractivity contribution in [1.29, 1.82) is 0 Å². The highest BCUT2D eigenvalue weighted by atomic mass is 16.6. The average molecular weight is 355 g/mol. The van der Waals surface area contributed by atoms with Crippen LogP contribution in [0, 0.1) is 6.92 Å². The van der Waals surface area contributed by atoms with Gasteiger partial charge < -0.3 is 19.1 Å². The van der Waals surface area contributed by atoms with Gasteiger partial charge in [0.1, 0.15) is 25.6 Å². The topological polar surface area (TPSA) is 47.1 Å². The summed E-state index contributed by atoms with van der Waals surface area (Å²) in [4.78, 5) is 9.08. The highest BCUT2D eigenvalue weighted by Gasteiger charge is 2.23. The molecule has 0 amide bonds. The van der Waals surface area contributed by atoms with Gasteiger partial charge in [-0.05, 0) is 31.2 Å². The molecule has 0 bridgehead atoms. The first-order valence-electron chi connectivity index (χ1n) is 9.21. The van der Waals surface area contributed by atoms with E-state index >= 15 is 0 Å². The molecule has 3 heterocycles. The number of anilines is 1. The van der Waals surface area contributed by atoms with Gasteiger partial charge in [-0.2, -0.15) is 0 Å². The van der Waals surface area contributed by atoms with Crippen molar-refractivity contribution in [3.63, 3.8) is 0 Å². The van der Waals surface area contributed by atoms with Crippen molar-refractivity contribution in [3.8, 4) is 17.2 Å². The van der Waals surface area contributed by atoms with Gasteiger partial charge in [0.15, 0.2) is 11.5 Å². The number of ether oxygens (including phenoxy) is 3. The van der Waals surface area contributed by atoms with Crippen LogP contribution in [0.2, 0.25) is 0 Å². The Kier molecular flexibility index (Phi) is 5.11. The summed E-state index contributed by atoms with van der Waals surface area (Å²) in [5.74, 6) is 2.62. The van der Waals surface area contributed by atoms with E-state index in [0.717, 1.165) is 61.4 Å². The van der Waals surface area contributed by atoms with Gasteiger partial charge in [-0.15, -0.1) is 0 Å². The number of aromatic nitrogens is 1. The van der Waals surface area contributed by atoms with Gasteiger partial charge in [0.05, 0.1) is 11.4 Å². The predicted molar refractivity (Wildman–Crippen MR) is 101 cm³/mol. The van der Waals surface area contributed by atoms with E-state index in [-0.39, 0.29) is 0 Å². The standard InChI is InChI=1S/C20H25N3O3/c1-16-18(6-3-7-21-16)24-13-12-22-8-10-23(11-9-22)17-4-2-5-19-20(17)26-15-14-25-19/h2-7H,8-15H2,1H3. The first kappa shape index (κ1) is 17.0. The summed E-state index contributed by atoms with van der Waals surface area (Å²) >= 11 is 0. The molecule has 0 radical (unpaired) electrons. The van der Waals surface area contributed by atoms with Crippen LogP contribution in [0.3, 0.4) is 0 Å². The Morgan fingerprint density at radius 3 is 2.73 bits per heavy atom. The maximum absolute atomic E-state index is 5.87. The number of piperazine rings is 1. The molecule has 26 heavy (non-hydrogen) atoms. The monoisotopic (exact) mass is 355 g/mol. The van der Waals surface area contributed by atoms with E-state index in [0.29, 0.717) is 19.8 Å². The highest BCUT2D eigenvalue weighted by Crippen LogP contribution is 2.39. The molecule has 1 saturated heterocycles. The summed E-state index contributed by atoms with van der Waals surface area (Å²) in [6, 6.07) is 10.0. The summed E-state index contributed by atoms with van der Waals surface area (Å²) in [5.41, 5.74) is 2.08. The molecule has 0 spiro atoms. The van der Waals surface area contributed by atoms with Crippen molar-refractivity contribution in [2.45, 2.75) is 6.92 Å². The number of pyridine rings is 1. The number of hydrogen-bond acceptors (Lipinski definition) is 6. The van der Waals surface area contributed by atoms with E-state index in [1.165, 1.54) is 0 Å². The number of para-hydroxylation sites is 1. The second-order valence-corrected chi connectivity index (χ2v) is 6.57. The minimum Gasteiger partial charge on any atom is -0.490 e. The van der Waals surface area contributed by atoms with Crippen molar-refractivity contribution in [2.75, 3.05) is 57.4 Å². The summed E-state index contributed by atoms with van der Waals surface area (Å²) in [7, 11) is 0. The van der Waals surface area contributed by atoms with Gasteiger partial charge >= 0.3 is 0 Å². The third-order valence-corrected chi connectivity index (χ3v) is 4.88. The number of rotatable bonds is 5. The van der Waals surface area contributed by atoms with Gasteiger partial charge in [-0.1, -0.05) is 6.07 Å². The maximum atomic E-state index is 5.87. The number of nitrogens with zero attached hydrogens (tertiary/aromatic N) is 3. The lowest BCUT2D eigenvalue weighted by Gasteiger charge is -2.37. The summed E-state index contributed by atoms with van der Waals surface area (Å²) in [6.07, 6.45) is 1.79. The highest BCUT2D eigenvalue weighted by molar-refractivity contribution is 5.65. The van der Waals surface area contributed by atoms with E-state index < -0.39 is 0 Å². The Morgan fingerprint density at radius 1 is 1.04 bits per heavy atom. The summed E-state index contributed by atoms with van der Waals surface area (Å²) in [6.45, 7) is 8.81. The Hall–Kier alpha value is -2.47. The van der Waals surface area contributed by atoms with E-state index in [1.54, 1.807) is 6.20 Å². The molecule has 0 N–H and O–H groups in total. The van der Waals surface area contributed by atoms with Crippen LogP contribution >= 0.6 is 0 Å².